The van der Waals surface area contributed by atoms with Crippen molar-refractivity contribution in [3.8, 4) is 0 Å². The lowest BCUT2D eigenvalue weighted by Gasteiger charge is -2.11. The van der Waals surface area contributed by atoms with E-state index in [1.807, 2.05) is 6.92 Å². The van der Waals surface area contributed by atoms with Crippen molar-refractivity contribution in [2.75, 3.05) is 13.2 Å². The number of aliphatic hydroxyl groups is 1. The van der Waals surface area contributed by atoms with Crippen molar-refractivity contribution in [3.63, 3.8) is 0 Å². The molecule has 0 bridgehead atoms. The van der Waals surface area contributed by atoms with Crippen molar-refractivity contribution >= 4 is 5.97 Å². The van der Waals surface area contributed by atoms with Gasteiger partial charge in [-0.3, -0.25) is 4.79 Å². The van der Waals surface area contributed by atoms with Crippen LogP contribution in [0.5, 0.6) is 0 Å². The molecule has 14 heavy (non-hydrogen) atoms. The van der Waals surface area contributed by atoms with Crippen molar-refractivity contribution < 1.29 is 14.6 Å². The molecule has 2 atom stereocenters. The maximum absolute atomic E-state index is 11.1. The molecule has 2 unspecified atom stereocenters. The van der Waals surface area contributed by atoms with E-state index in [0.29, 0.717) is 6.42 Å². The van der Waals surface area contributed by atoms with Crippen LogP contribution in [0.3, 0.4) is 0 Å². The highest BCUT2D eigenvalue weighted by Gasteiger charge is 2.13. The maximum atomic E-state index is 11.1. The third-order valence-electron chi connectivity index (χ3n) is 1.79. The molecule has 0 heterocycles. The summed E-state index contributed by atoms with van der Waals surface area (Å²) < 4.78 is 4.78. The van der Waals surface area contributed by atoms with Crippen LogP contribution in [0.1, 0.15) is 20.3 Å². The molecule has 0 aromatic rings. The SMILES string of the molecule is CCC(C)C(=O)OCC(O)CN=[N+]=[N-]. The van der Waals surface area contributed by atoms with Gasteiger partial charge in [-0.2, -0.15) is 0 Å². The van der Waals surface area contributed by atoms with E-state index in [-0.39, 0.29) is 25.0 Å². The van der Waals surface area contributed by atoms with Gasteiger partial charge < -0.3 is 9.84 Å². The molecule has 0 aliphatic carbocycles. The Balaban J connectivity index is 3.70. The van der Waals surface area contributed by atoms with Crippen molar-refractivity contribution in [1.29, 1.82) is 0 Å². The zero-order chi connectivity index (χ0) is 11.0. The number of azide groups is 1. The van der Waals surface area contributed by atoms with Gasteiger partial charge in [0.25, 0.3) is 0 Å². The molecule has 0 saturated heterocycles. The average molecular weight is 201 g/mol. The molecule has 0 aliphatic heterocycles. The van der Waals surface area contributed by atoms with Gasteiger partial charge in [0.1, 0.15) is 6.61 Å². The van der Waals surface area contributed by atoms with Crippen molar-refractivity contribution in [3.05, 3.63) is 10.4 Å². The van der Waals surface area contributed by atoms with E-state index in [4.69, 9.17) is 15.4 Å². The van der Waals surface area contributed by atoms with E-state index in [1.165, 1.54) is 0 Å². The first-order valence-corrected chi connectivity index (χ1v) is 4.47. The summed E-state index contributed by atoms with van der Waals surface area (Å²) in [5, 5.41) is 12.3. The number of ether oxygens (including phenoxy) is 1. The molecule has 1 N–H and O–H groups in total. The molecule has 0 aromatic heterocycles. The largest absolute Gasteiger partial charge is 0.463 e. The summed E-state index contributed by atoms with van der Waals surface area (Å²) in [6, 6.07) is 0. The topological polar surface area (TPSA) is 95.3 Å². The van der Waals surface area contributed by atoms with Gasteiger partial charge in [-0.05, 0) is 12.0 Å². The second-order valence-electron chi connectivity index (χ2n) is 3.01. The third-order valence-corrected chi connectivity index (χ3v) is 1.79. The Bertz CT molecular complexity index is 226. The van der Waals surface area contributed by atoms with Crippen LogP contribution < -0.4 is 0 Å². The predicted molar refractivity (Wildman–Crippen MR) is 50.4 cm³/mol. The molecular weight excluding hydrogens is 186 g/mol. The monoisotopic (exact) mass is 201 g/mol. The van der Waals surface area contributed by atoms with Crippen LogP contribution in [0, 0.1) is 5.92 Å². The Morgan fingerprint density at radius 1 is 1.71 bits per heavy atom. The summed E-state index contributed by atoms with van der Waals surface area (Å²) in [5.41, 5.74) is 7.96. The van der Waals surface area contributed by atoms with Gasteiger partial charge in [0.15, 0.2) is 0 Å². The molecule has 80 valence electrons. The fourth-order valence-electron chi connectivity index (χ4n) is 0.671. The first-order chi connectivity index (χ1) is 6.61. The molecule has 6 heteroatoms. The summed E-state index contributed by atoms with van der Waals surface area (Å²) in [6.45, 7) is 3.43. The highest BCUT2D eigenvalue weighted by atomic mass is 16.5. The van der Waals surface area contributed by atoms with Crippen molar-refractivity contribution in [1.82, 2.24) is 0 Å². The summed E-state index contributed by atoms with van der Waals surface area (Å²) >= 11 is 0. The highest BCUT2D eigenvalue weighted by molar-refractivity contribution is 5.71. The predicted octanol–water partition coefficient (Wildman–Crippen LogP) is 1.25. The summed E-state index contributed by atoms with van der Waals surface area (Å²) in [4.78, 5) is 13.6. The number of aliphatic hydroxyl groups excluding tert-OH is 1. The van der Waals surface area contributed by atoms with Gasteiger partial charge in [0.05, 0.1) is 18.6 Å². The number of carbonyl (C=O) groups is 1. The lowest BCUT2D eigenvalue weighted by molar-refractivity contribution is -0.150. The number of esters is 1. The molecule has 0 rings (SSSR count). The molecule has 0 fully saturated rings. The van der Waals surface area contributed by atoms with Crippen LogP contribution in [-0.2, 0) is 9.53 Å². The maximum Gasteiger partial charge on any atom is 0.308 e. The zero-order valence-electron chi connectivity index (χ0n) is 8.38. The standard InChI is InChI=1S/C8H15N3O3/c1-3-6(2)8(13)14-5-7(12)4-10-11-9/h6-7,12H,3-5H2,1-2H3. The minimum absolute atomic E-state index is 0.0791. The first kappa shape index (κ1) is 12.7. The molecular formula is C8H15N3O3. The van der Waals surface area contributed by atoms with E-state index < -0.39 is 6.10 Å². The normalized spacial score (nSPS) is 13.9. The van der Waals surface area contributed by atoms with Gasteiger partial charge >= 0.3 is 5.97 Å². The highest BCUT2D eigenvalue weighted by Crippen LogP contribution is 2.03. The number of rotatable bonds is 6. The first-order valence-electron chi connectivity index (χ1n) is 4.47. The van der Waals surface area contributed by atoms with Crippen LogP contribution in [0.4, 0.5) is 0 Å². The average Bonchev–Trinajstić information content (AvgIpc) is 2.21. The van der Waals surface area contributed by atoms with Crippen LogP contribution in [-0.4, -0.2) is 30.3 Å². The Morgan fingerprint density at radius 3 is 2.86 bits per heavy atom. The summed E-state index contributed by atoms with van der Waals surface area (Å²) in [5.74, 6) is -0.505. The van der Waals surface area contributed by atoms with E-state index in [2.05, 4.69) is 10.0 Å². The van der Waals surface area contributed by atoms with Gasteiger partial charge in [-0.15, -0.1) is 0 Å². The second kappa shape index (κ2) is 7.17. The minimum Gasteiger partial charge on any atom is -0.463 e. The number of nitrogens with zero attached hydrogens (tertiary/aromatic N) is 3. The lowest BCUT2D eigenvalue weighted by atomic mass is 10.1. The van der Waals surface area contributed by atoms with Crippen molar-refractivity contribution in [2.45, 2.75) is 26.4 Å². The quantitative estimate of drug-likeness (QED) is 0.303. The van der Waals surface area contributed by atoms with Crippen LogP contribution in [0.25, 0.3) is 10.4 Å². The lowest BCUT2D eigenvalue weighted by Crippen LogP contribution is -2.23. The van der Waals surface area contributed by atoms with Crippen molar-refractivity contribution in [2.24, 2.45) is 11.0 Å². The molecule has 0 radical (unpaired) electrons. The molecule has 0 aromatic carbocycles. The number of hydrogen-bond acceptors (Lipinski definition) is 4. The summed E-state index contributed by atoms with van der Waals surface area (Å²) in [6.07, 6.45) is -0.218. The molecule has 6 nitrogen and oxygen atoms in total. The summed E-state index contributed by atoms with van der Waals surface area (Å²) in [7, 11) is 0. The Hall–Kier alpha value is -1.26. The second-order valence-corrected chi connectivity index (χ2v) is 3.01. The van der Waals surface area contributed by atoms with E-state index in [0.717, 1.165) is 0 Å². The Labute approximate surface area is 82.5 Å². The Kier molecular flexibility index (Phi) is 6.53. The molecule has 0 amide bonds. The van der Waals surface area contributed by atoms with Crippen LogP contribution >= 0.6 is 0 Å². The van der Waals surface area contributed by atoms with Gasteiger partial charge in [-0.1, -0.05) is 19.0 Å². The van der Waals surface area contributed by atoms with Gasteiger partial charge in [-0.25, -0.2) is 0 Å². The smallest absolute Gasteiger partial charge is 0.308 e. The number of carbonyl (C=O) groups excluding carboxylic acids is 1. The Morgan fingerprint density at radius 2 is 2.36 bits per heavy atom. The third kappa shape index (κ3) is 5.40. The van der Waals surface area contributed by atoms with E-state index in [1.54, 1.807) is 6.92 Å². The molecule has 0 aliphatic rings. The zero-order valence-corrected chi connectivity index (χ0v) is 8.38. The van der Waals surface area contributed by atoms with E-state index in [9.17, 15) is 4.79 Å². The van der Waals surface area contributed by atoms with Crippen LogP contribution in [0.2, 0.25) is 0 Å². The fourth-order valence-corrected chi connectivity index (χ4v) is 0.671. The van der Waals surface area contributed by atoms with E-state index >= 15 is 0 Å². The molecule has 0 spiro atoms. The minimum atomic E-state index is -0.918. The fraction of sp³-hybridized carbons (Fsp3) is 0.875. The number of hydrogen-bond donors (Lipinski definition) is 1. The van der Waals surface area contributed by atoms with Crippen LogP contribution in [0.15, 0.2) is 5.11 Å². The van der Waals surface area contributed by atoms with Gasteiger partial charge in [0, 0.05) is 4.91 Å². The van der Waals surface area contributed by atoms with Gasteiger partial charge in [0.2, 0.25) is 0 Å². The molecule has 0 saturated carbocycles.